The summed E-state index contributed by atoms with van der Waals surface area (Å²) in [5.41, 5.74) is 3.36. The molecule has 1 amide bonds. The number of thiazole rings is 1. The van der Waals surface area contributed by atoms with Gasteiger partial charge in [-0.1, -0.05) is 37.6 Å². The maximum Gasteiger partial charge on any atom is 0.230 e. The van der Waals surface area contributed by atoms with E-state index < -0.39 is 0 Å². The molecule has 2 aromatic rings. The average molecular weight is 302 g/mol. The molecule has 1 aromatic carbocycles. The predicted molar refractivity (Wildman–Crippen MR) is 89.0 cm³/mol. The Morgan fingerprint density at radius 2 is 1.86 bits per heavy atom. The van der Waals surface area contributed by atoms with Crippen LogP contribution in [-0.2, 0) is 17.6 Å². The van der Waals surface area contributed by atoms with E-state index in [0.29, 0.717) is 11.6 Å². The van der Waals surface area contributed by atoms with Crippen molar-refractivity contribution in [2.45, 2.75) is 46.5 Å². The molecule has 0 unspecified atom stereocenters. The van der Waals surface area contributed by atoms with Crippen LogP contribution in [0.1, 0.15) is 41.5 Å². The summed E-state index contributed by atoms with van der Waals surface area (Å²) >= 11 is 1.52. The third-order valence-corrected chi connectivity index (χ3v) is 4.47. The molecular formula is C17H22N2OS. The van der Waals surface area contributed by atoms with E-state index in [0.717, 1.165) is 22.6 Å². The highest BCUT2D eigenvalue weighted by atomic mass is 32.1. The number of unbranched alkanes of at least 4 members (excludes halogenated alkanes) is 1. The molecule has 0 aliphatic carbocycles. The second-order valence-corrected chi connectivity index (χ2v) is 6.51. The van der Waals surface area contributed by atoms with Crippen molar-refractivity contribution in [3.63, 3.8) is 0 Å². The highest BCUT2D eigenvalue weighted by Gasteiger charge is 2.08. The molecular weight excluding hydrogens is 280 g/mol. The average Bonchev–Trinajstić information content (AvgIpc) is 2.76. The summed E-state index contributed by atoms with van der Waals surface area (Å²) in [7, 11) is 0. The number of aryl methyl sites for hydroxylation is 3. The highest BCUT2D eigenvalue weighted by molar-refractivity contribution is 7.15. The fourth-order valence-electron chi connectivity index (χ4n) is 2.08. The largest absolute Gasteiger partial charge is 0.302 e. The van der Waals surface area contributed by atoms with E-state index in [-0.39, 0.29) is 5.91 Å². The molecule has 1 N–H and O–H groups in total. The van der Waals surface area contributed by atoms with Gasteiger partial charge in [0.2, 0.25) is 5.91 Å². The van der Waals surface area contributed by atoms with E-state index in [1.807, 2.05) is 26.0 Å². The van der Waals surface area contributed by atoms with E-state index in [9.17, 15) is 4.79 Å². The van der Waals surface area contributed by atoms with Crippen molar-refractivity contribution in [2.75, 3.05) is 5.32 Å². The Kier molecular flexibility index (Phi) is 5.51. The summed E-state index contributed by atoms with van der Waals surface area (Å²) in [5, 5.41) is 3.56. The standard InChI is InChI=1S/C17H22N2OS/c1-4-5-6-14-7-9-15(10-8-14)11-16(20)19-17-18-12(2)13(3)21-17/h7-10H,4-6,11H2,1-3H3,(H,18,19,20). The van der Waals surface area contributed by atoms with Gasteiger partial charge >= 0.3 is 0 Å². The van der Waals surface area contributed by atoms with Gasteiger partial charge in [-0.2, -0.15) is 0 Å². The van der Waals surface area contributed by atoms with Crippen LogP contribution in [0.4, 0.5) is 5.13 Å². The predicted octanol–water partition coefficient (Wildman–Crippen LogP) is 4.28. The Bertz CT molecular complexity index is 582. The van der Waals surface area contributed by atoms with Gasteiger partial charge in [-0.15, -0.1) is 11.3 Å². The van der Waals surface area contributed by atoms with Gasteiger partial charge in [-0.3, -0.25) is 4.79 Å². The smallest absolute Gasteiger partial charge is 0.230 e. The zero-order chi connectivity index (χ0) is 15.2. The van der Waals surface area contributed by atoms with Crippen LogP contribution in [0.15, 0.2) is 24.3 Å². The summed E-state index contributed by atoms with van der Waals surface area (Å²) in [4.78, 5) is 17.5. The summed E-state index contributed by atoms with van der Waals surface area (Å²) < 4.78 is 0. The zero-order valence-electron chi connectivity index (χ0n) is 12.9. The van der Waals surface area contributed by atoms with Crippen molar-refractivity contribution in [1.29, 1.82) is 0 Å². The van der Waals surface area contributed by atoms with E-state index in [4.69, 9.17) is 0 Å². The van der Waals surface area contributed by atoms with Gasteiger partial charge in [0.25, 0.3) is 0 Å². The third-order valence-electron chi connectivity index (χ3n) is 3.48. The number of hydrogen-bond acceptors (Lipinski definition) is 3. The molecule has 21 heavy (non-hydrogen) atoms. The molecule has 1 aromatic heterocycles. The molecule has 0 bridgehead atoms. The lowest BCUT2D eigenvalue weighted by atomic mass is 10.0. The number of nitrogens with one attached hydrogen (secondary N) is 1. The maximum atomic E-state index is 12.0. The van der Waals surface area contributed by atoms with Crippen LogP contribution in [-0.4, -0.2) is 10.9 Å². The number of carbonyl (C=O) groups excluding carboxylic acids is 1. The lowest BCUT2D eigenvalue weighted by Gasteiger charge is -2.04. The van der Waals surface area contributed by atoms with Crippen molar-refractivity contribution < 1.29 is 4.79 Å². The molecule has 0 aliphatic rings. The summed E-state index contributed by atoms with van der Waals surface area (Å²) in [6.07, 6.45) is 3.92. The second-order valence-electron chi connectivity index (χ2n) is 5.31. The minimum absolute atomic E-state index is 0.00921. The van der Waals surface area contributed by atoms with Crippen molar-refractivity contribution in [3.05, 3.63) is 46.0 Å². The van der Waals surface area contributed by atoms with Gasteiger partial charge in [0.05, 0.1) is 12.1 Å². The fourth-order valence-corrected chi connectivity index (χ4v) is 2.91. The van der Waals surface area contributed by atoms with Crippen LogP contribution < -0.4 is 5.32 Å². The second kappa shape index (κ2) is 7.36. The quantitative estimate of drug-likeness (QED) is 0.865. The number of anilines is 1. The van der Waals surface area contributed by atoms with Crippen molar-refractivity contribution in [2.24, 2.45) is 0 Å². The van der Waals surface area contributed by atoms with Crippen LogP contribution in [0, 0.1) is 13.8 Å². The molecule has 4 heteroatoms. The highest BCUT2D eigenvalue weighted by Crippen LogP contribution is 2.21. The van der Waals surface area contributed by atoms with Crippen molar-refractivity contribution in [1.82, 2.24) is 4.98 Å². The topological polar surface area (TPSA) is 42.0 Å². The number of amides is 1. The van der Waals surface area contributed by atoms with Gasteiger partial charge in [0.15, 0.2) is 5.13 Å². The van der Waals surface area contributed by atoms with Crippen LogP contribution in [0.3, 0.4) is 0 Å². The molecule has 112 valence electrons. The number of benzene rings is 1. The van der Waals surface area contributed by atoms with Gasteiger partial charge in [-0.05, 0) is 37.8 Å². The summed E-state index contributed by atoms with van der Waals surface area (Å²) in [5.74, 6) is -0.00921. The first kappa shape index (κ1) is 15.7. The molecule has 0 fully saturated rings. The van der Waals surface area contributed by atoms with Crippen LogP contribution in [0.5, 0.6) is 0 Å². The first-order valence-corrected chi connectivity index (χ1v) is 8.22. The van der Waals surface area contributed by atoms with Crippen LogP contribution in [0.25, 0.3) is 0 Å². The minimum Gasteiger partial charge on any atom is -0.302 e. The van der Waals surface area contributed by atoms with Gasteiger partial charge in [0, 0.05) is 4.88 Å². The normalized spacial score (nSPS) is 10.6. The minimum atomic E-state index is -0.00921. The molecule has 0 saturated carbocycles. The van der Waals surface area contributed by atoms with E-state index in [1.165, 1.54) is 29.7 Å². The number of carbonyl (C=O) groups is 1. The number of rotatable bonds is 6. The first-order valence-electron chi connectivity index (χ1n) is 7.40. The fraction of sp³-hybridized carbons (Fsp3) is 0.412. The van der Waals surface area contributed by atoms with E-state index in [2.05, 4.69) is 29.4 Å². The summed E-state index contributed by atoms with van der Waals surface area (Å²) in [6, 6.07) is 8.33. The number of hydrogen-bond donors (Lipinski definition) is 1. The molecule has 0 atom stereocenters. The van der Waals surface area contributed by atoms with Crippen molar-refractivity contribution in [3.8, 4) is 0 Å². The summed E-state index contributed by atoms with van der Waals surface area (Å²) in [6.45, 7) is 6.16. The SMILES string of the molecule is CCCCc1ccc(CC(=O)Nc2nc(C)c(C)s2)cc1. The Morgan fingerprint density at radius 1 is 1.19 bits per heavy atom. The van der Waals surface area contributed by atoms with Crippen LogP contribution >= 0.6 is 11.3 Å². The Hall–Kier alpha value is -1.68. The van der Waals surface area contributed by atoms with Crippen LogP contribution in [0.2, 0.25) is 0 Å². The van der Waals surface area contributed by atoms with Gasteiger partial charge in [0.1, 0.15) is 0 Å². The lowest BCUT2D eigenvalue weighted by Crippen LogP contribution is -2.14. The Balaban J connectivity index is 1.90. The molecule has 2 rings (SSSR count). The molecule has 0 aliphatic heterocycles. The van der Waals surface area contributed by atoms with Crippen molar-refractivity contribution >= 4 is 22.4 Å². The van der Waals surface area contributed by atoms with Gasteiger partial charge < -0.3 is 5.32 Å². The molecule has 0 spiro atoms. The molecule has 0 radical (unpaired) electrons. The first-order chi connectivity index (χ1) is 10.1. The lowest BCUT2D eigenvalue weighted by molar-refractivity contribution is -0.115. The molecule has 1 heterocycles. The zero-order valence-corrected chi connectivity index (χ0v) is 13.7. The van der Waals surface area contributed by atoms with E-state index >= 15 is 0 Å². The van der Waals surface area contributed by atoms with Gasteiger partial charge in [-0.25, -0.2) is 4.98 Å². The Morgan fingerprint density at radius 3 is 2.43 bits per heavy atom. The molecule has 0 saturated heterocycles. The molecule has 3 nitrogen and oxygen atoms in total. The Labute approximate surface area is 130 Å². The third kappa shape index (κ3) is 4.67. The monoisotopic (exact) mass is 302 g/mol. The van der Waals surface area contributed by atoms with E-state index in [1.54, 1.807) is 0 Å². The maximum absolute atomic E-state index is 12.0. The number of aromatic nitrogens is 1. The number of nitrogens with zero attached hydrogens (tertiary/aromatic N) is 1.